The van der Waals surface area contributed by atoms with Crippen molar-refractivity contribution in [2.75, 3.05) is 17.7 Å². The van der Waals surface area contributed by atoms with Crippen molar-refractivity contribution in [1.82, 2.24) is 9.97 Å². The third-order valence-electron chi connectivity index (χ3n) is 3.97. The van der Waals surface area contributed by atoms with E-state index in [1.807, 2.05) is 51.1 Å². The van der Waals surface area contributed by atoms with Crippen molar-refractivity contribution >= 4 is 23.2 Å². The molecule has 1 heterocycles. The summed E-state index contributed by atoms with van der Waals surface area (Å²) in [7, 11) is 1.60. The number of methoxy groups -OCH3 is 1. The van der Waals surface area contributed by atoms with Gasteiger partial charge < -0.3 is 15.4 Å². The van der Waals surface area contributed by atoms with Crippen molar-refractivity contribution < 1.29 is 9.53 Å². The zero-order valence-corrected chi connectivity index (χ0v) is 15.8. The molecule has 3 rings (SSSR count). The van der Waals surface area contributed by atoms with Gasteiger partial charge in [-0.15, -0.1) is 0 Å². The average Bonchev–Trinajstić information content (AvgIpc) is 2.61. The summed E-state index contributed by atoms with van der Waals surface area (Å²) in [6, 6.07) is 13.2. The number of amides is 1. The lowest BCUT2D eigenvalue weighted by Crippen LogP contribution is -2.15. The summed E-state index contributed by atoms with van der Waals surface area (Å²) in [5, 5.41) is 6.00. The van der Waals surface area contributed by atoms with Crippen LogP contribution in [0.1, 0.15) is 27.2 Å². The predicted octanol–water partition coefficient (Wildman–Crippen LogP) is 4.41. The molecule has 0 saturated heterocycles. The van der Waals surface area contributed by atoms with Crippen molar-refractivity contribution in [3.05, 3.63) is 71.0 Å². The predicted molar refractivity (Wildman–Crippen MR) is 107 cm³/mol. The van der Waals surface area contributed by atoms with Crippen molar-refractivity contribution in [3.63, 3.8) is 0 Å². The van der Waals surface area contributed by atoms with Crippen LogP contribution in [0.2, 0.25) is 0 Å². The maximum atomic E-state index is 12.6. The van der Waals surface area contributed by atoms with E-state index in [0.717, 1.165) is 28.1 Å². The van der Waals surface area contributed by atoms with Gasteiger partial charge in [-0.3, -0.25) is 4.79 Å². The highest BCUT2D eigenvalue weighted by atomic mass is 16.5. The highest BCUT2D eigenvalue weighted by molar-refractivity contribution is 6.03. The number of ether oxygens (including phenoxy) is 1. The van der Waals surface area contributed by atoms with E-state index in [2.05, 4.69) is 26.7 Å². The van der Waals surface area contributed by atoms with Crippen molar-refractivity contribution in [2.24, 2.45) is 0 Å². The van der Waals surface area contributed by atoms with Gasteiger partial charge in [-0.1, -0.05) is 12.1 Å². The summed E-state index contributed by atoms with van der Waals surface area (Å²) in [4.78, 5) is 21.1. The Bertz CT molecular complexity index is 965. The third kappa shape index (κ3) is 4.61. The van der Waals surface area contributed by atoms with Crippen molar-refractivity contribution in [2.45, 2.75) is 20.8 Å². The van der Waals surface area contributed by atoms with Gasteiger partial charge in [0.05, 0.1) is 12.8 Å². The number of nitrogens with zero attached hydrogens (tertiary/aromatic N) is 2. The van der Waals surface area contributed by atoms with Crippen LogP contribution in [0.4, 0.5) is 17.3 Å². The Kier molecular flexibility index (Phi) is 5.35. The molecule has 6 heteroatoms. The number of hydrogen-bond acceptors (Lipinski definition) is 5. The smallest absolute Gasteiger partial charge is 0.274 e. The molecule has 0 radical (unpaired) electrons. The van der Waals surface area contributed by atoms with Gasteiger partial charge in [0.15, 0.2) is 0 Å². The van der Waals surface area contributed by atoms with E-state index in [0.29, 0.717) is 11.7 Å². The van der Waals surface area contributed by atoms with Crippen molar-refractivity contribution in [1.29, 1.82) is 0 Å². The molecule has 0 fully saturated rings. The van der Waals surface area contributed by atoms with Gasteiger partial charge in [0.2, 0.25) is 5.95 Å². The fraction of sp³-hybridized carbons (Fsp3) is 0.190. The number of carbonyl (C=O) groups excluding carboxylic acids is 1. The summed E-state index contributed by atoms with van der Waals surface area (Å²) < 4.78 is 5.35. The fourth-order valence-electron chi connectivity index (χ4n) is 2.83. The Morgan fingerprint density at radius 2 is 1.70 bits per heavy atom. The molecule has 0 saturated carbocycles. The quantitative estimate of drug-likeness (QED) is 0.703. The molecular weight excluding hydrogens is 340 g/mol. The number of nitrogens with one attached hydrogen (secondary N) is 2. The first kappa shape index (κ1) is 18.4. The number of hydrogen-bond donors (Lipinski definition) is 2. The highest BCUT2D eigenvalue weighted by Gasteiger charge is 2.11. The third-order valence-corrected chi connectivity index (χ3v) is 3.97. The van der Waals surface area contributed by atoms with Crippen LogP contribution in [0, 0.1) is 20.8 Å². The molecular formula is C21H22N4O2. The Morgan fingerprint density at radius 1 is 0.963 bits per heavy atom. The average molecular weight is 362 g/mol. The molecule has 138 valence electrons. The van der Waals surface area contributed by atoms with Crippen LogP contribution in [0.3, 0.4) is 0 Å². The lowest BCUT2D eigenvalue weighted by molar-refractivity contribution is 0.102. The first-order valence-electron chi connectivity index (χ1n) is 8.59. The van der Waals surface area contributed by atoms with E-state index in [4.69, 9.17) is 4.74 Å². The SMILES string of the molecule is COc1ccc(C)cc1Nc1nccc(C(=O)Nc2cc(C)cc(C)c2)n1. The maximum Gasteiger partial charge on any atom is 0.274 e. The van der Waals surface area contributed by atoms with Gasteiger partial charge in [0.25, 0.3) is 5.91 Å². The normalized spacial score (nSPS) is 10.4. The lowest BCUT2D eigenvalue weighted by atomic mass is 10.1. The van der Waals surface area contributed by atoms with E-state index in [1.54, 1.807) is 19.4 Å². The molecule has 0 unspecified atom stereocenters. The Morgan fingerprint density at radius 3 is 2.41 bits per heavy atom. The van der Waals surface area contributed by atoms with Crippen LogP contribution in [0.5, 0.6) is 5.75 Å². The zero-order valence-electron chi connectivity index (χ0n) is 15.8. The van der Waals surface area contributed by atoms with Crippen LogP contribution >= 0.6 is 0 Å². The number of aromatic nitrogens is 2. The summed E-state index contributed by atoms with van der Waals surface area (Å²) >= 11 is 0. The number of aryl methyl sites for hydroxylation is 3. The van der Waals surface area contributed by atoms with Gasteiger partial charge >= 0.3 is 0 Å². The molecule has 27 heavy (non-hydrogen) atoms. The topological polar surface area (TPSA) is 76.1 Å². The van der Waals surface area contributed by atoms with Gasteiger partial charge in [-0.2, -0.15) is 0 Å². The number of anilines is 3. The van der Waals surface area contributed by atoms with E-state index < -0.39 is 0 Å². The number of benzene rings is 2. The van der Waals surface area contributed by atoms with Crippen LogP contribution in [-0.2, 0) is 0 Å². The molecule has 0 aliphatic rings. The van der Waals surface area contributed by atoms with Gasteiger partial charge in [0.1, 0.15) is 11.4 Å². The largest absolute Gasteiger partial charge is 0.495 e. The van der Waals surface area contributed by atoms with E-state index in [9.17, 15) is 4.79 Å². The molecule has 0 aliphatic heterocycles. The molecule has 1 aromatic heterocycles. The molecule has 3 aromatic rings. The molecule has 0 atom stereocenters. The van der Waals surface area contributed by atoms with Gasteiger partial charge in [0, 0.05) is 11.9 Å². The standard InChI is InChI=1S/C21H22N4O2/c1-13-5-6-19(27-4)18(12-13)25-21-22-8-7-17(24-21)20(26)23-16-10-14(2)9-15(3)11-16/h5-12H,1-4H3,(H,23,26)(H,22,24,25). The Hall–Kier alpha value is -3.41. The van der Waals surface area contributed by atoms with E-state index in [1.165, 1.54) is 0 Å². The van der Waals surface area contributed by atoms with E-state index >= 15 is 0 Å². The van der Waals surface area contributed by atoms with Crippen molar-refractivity contribution in [3.8, 4) is 5.75 Å². The van der Waals surface area contributed by atoms with Crippen LogP contribution < -0.4 is 15.4 Å². The molecule has 0 bridgehead atoms. The van der Waals surface area contributed by atoms with Gasteiger partial charge in [-0.25, -0.2) is 9.97 Å². The van der Waals surface area contributed by atoms with Crippen LogP contribution in [0.15, 0.2) is 48.7 Å². The minimum absolute atomic E-state index is 0.276. The summed E-state index contributed by atoms with van der Waals surface area (Å²) in [5.41, 5.74) is 5.00. The minimum atomic E-state index is -0.290. The fourth-order valence-corrected chi connectivity index (χ4v) is 2.83. The first-order valence-corrected chi connectivity index (χ1v) is 8.59. The maximum absolute atomic E-state index is 12.6. The lowest BCUT2D eigenvalue weighted by Gasteiger charge is -2.11. The summed E-state index contributed by atoms with van der Waals surface area (Å²) in [6.45, 7) is 5.97. The minimum Gasteiger partial charge on any atom is -0.495 e. The monoisotopic (exact) mass is 362 g/mol. The van der Waals surface area contributed by atoms with Crippen LogP contribution in [0.25, 0.3) is 0 Å². The first-order chi connectivity index (χ1) is 12.9. The molecule has 0 aliphatic carbocycles. The summed E-state index contributed by atoms with van der Waals surface area (Å²) in [5.74, 6) is 0.711. The molecule has 2 N–H and O–H groups in total. The second-order valence-electron chi connectivity index (χ2n) is 6.42. The van der Waals surface area contributed by atoms with Gasteiger partial charge in [-0.05, 0) is 67.8 Å². The molecule has 2 aromatic carbocycles. The zero-order chi connectivity index (χ0) is 19.4. The second kappa shape index (κ2) is 7.86. The van der Waals surface area contributed by atoms with Crippen LogP contribution in [-0.4, -0.2) is 23.0 Å². The van der Waals surface area contributed by atoms with E-state index in [-0.39, 0.29) is 11.6 Å². The molecule has 6 nitrogen and oxygen atoms in total. The number of carbonyl (C=O) groups is 1. The number of rotatable bonds is 5. The second-order valence-corrected chi connectivity index (χ2v) is 6.42. The molecule has 0 spiro atoms. The Balaban J connectivity index is 1.81. The highest BCUT2D eigenvalue weighted by Crippen LogP contribution is 2.27. The molecule has 1 amide bonds. The Labute approximate surface area is 158 Å². The summed E-state index contributed by atoms with van der Waals surface area (Å²) in [6.07, 6.45) is 1.55.